The van der Waals surface area contributed by atoms with Gasteiger partial charge in [-0.25, -0.2) is 0 Å². The summed E-state index contributed by atoms with van der Waals surface area (Å²) in [4.78, 5) is 0. The Labute approximate surface area is 117 Å². The first kappa shape index (κ1) is 13.4. The van der Waals surface area contributed by atoms with E-state index in [9.17, 15) is 0 Å². The third-order valence-electron chi connectivity index (χ3n) is 3.18. The number of hydrogen-bond donors (Lipinski definition) is 0. The second-order valence-corrected chi connectivity index (χ2v) is 6.16. The summed E-state index contributed by atoms with van der Waals surface area (Å²) in [6.45, 7) is 8.88. The van der Waals surface area contributed by atoms with E-state index in [0.717, 1.165) is 10.2 Å². The van der Waals surface area contributed by atoms with Crippen molar-refractivity contribution in [3.05, 3.63) is 46.1 Å². The van der Waals surface area contributed by atoms with Crippen LogP contribution in [-0.4, -0.2) is 0 Å². The van der Waals surface area contributed by atoms with Crippen LogP contribution in [0.3, 0.4) is 0 Å². The summed E-state index contributed by atoms with van der Waals surface area (Å²) >= 11 is 3.62. The lowest BCUT2D eigenvalue weighted by molar-refractivity contribution is 0.579. The van der Waals surface area contributed by atoms with Crippen LogP contribution >= 0.6 is 15.9 Å². The third kappa shape index (κ3) is 2.54. The van der Waals surface area contributed by atoms with Crippen LogP contribution in [0, 0.1) is 0 Å². The van der Waals surface area contributed by atoms with Crippen LogP contribution in [0.2, 0.25) is 0 Å². The van der Waals surface area contributed by atoms with Gasteiger partial charge < -0.3 is 4.42 Å². The lowest BCUT2D eigenvalue weighted by atomic mass is 9.87. The van der Waals surface area contributed by atoms with Crippen LogP contribution in [-0.2, 0) is 0 Å². The van der Waals surface area contributed by atoms with E-state index in [0.29, 0.717) is 11.8 Å². The Kier molecular flexibility index (Phi) is 3.96. The molecule has 0 aliphatic rings. The maximum Gasteiger partial charge on any atom is 0.134 e. The van der Waals surface area contributed by atoms with Gasteiger partial charge in [0.1, 0.15) is 5.76 Å². The first-order valence-electron chi connectivity index (χ1n) is 6.38. The number of hydrogen-bond acceptors (Lipinski definition) is 1. The predicted molar refractivity (Wildman–Crippen MR) is 80.0 cm³/mol. The van der Waals surface area contributed by atoms with Gasteiger partial charge in [-0.15, -0.1) is 0 Å². The van der Waals surface area contributed by atoms with E-state index in [4.69, 9.17) is 4.42 Å². The number of halogens is 1. The van der Waals surface area contributed by atoms with Crippen molar-refractivity contribution < 1.29 is 4.42 Å². The van der Waals surface area contributed by atoms with Gasteiger partial charge in [0.2, 0.25) is 0 Å². The van der Waals surface area contributed by atoms with Gasteiger partial charge in [-0.1, -0.05) is 43.6 Å². The first-order valence-corrected chi connectivity index (χ1v) is 7.17. The molecule has 1 nitrogen and oxygen atoms in total. The van der Waals surface area contributed by atoms with E-state index in [-0.39, 0.29) is 0 Å². The quantitative estimate of drug-likeness (QED) is 0.682. The Morgan fingerprint density at radius 3 is 1.94 bits per heavy atom. The van der Waals surface area contributed by atoms with Gasteiger partial charge in [0.25, 0.3) is 0 Å². The molecule has 0 radical (unpaired) electrons. The number of rotatable bonds is 3. The molecule has 1 heterocycles. The van der Waals surface area contributed by atoms with Crippen LogP contribution in [0.5, 0.6) is 0 Å². The SMILES string of the molecule is CC(C)c1cc(Br)cc(C(C)C)c1-c1ccco1. The minimum atomic E-state index is 0.472. The van der Waals surface area contributed by atoms with E-state index < -0.39 is 0 Å². The summed E-state index contributed by atoms with van der Waals surface area (Å²) in [5.41, 5.74) is 3.93. The number of furan rings is 1. The molecule has 2 rings (SSSR count). The lowest BCUT2D eigenvalue weighted by Gasteiger charge is -2.19. The molecule has 2 heteroatoms. The van der Waals surface area contributed by atoms with Crippen LogP contribution in [0.1, 0.15) is 50.7 Å². The summed E-state index contributed by atoms with van der Waals surface area (Å²) < 4.78 is 6.77. The Hall–Kier alpha value is -1.02. The van der Waals surface area contributed by atoms with Gasteiger partial charge in [0.15, 0.2) is 0 Å². The zero-order valence-electron chi connectivity index (χ0n) is 11.3. The Morgan fingerprint density at radius 2 is 1.56 bits per heavy atom. The van der Waals surface area contributed by atoms with Gasteiger partial charge in [-0.3, -0.25) is 0 Å². The van der Waals surface area contributed by atoms with Crippen molar-refractivity contribution in [2.24, 2.45) is 0 Å². The molecule has 0 aliphatic heterocycles. The largest absolute Gasteiger partial charge is 0.464 e. The molecule has 0 unspecified atom stereocenters. The van der Waals surface area contributed by atoms with Crippen LogP contribution in [0.15, 0.2) is 39.4 Å². The van der Waals surface area contributed by atoms with Crippen molar-refractivity contribution in [3.8, 4) is 11.3 Å². The number of benzene rings is 1. The second-order valence-electron chi connectivity index (χ2n) is 5.25. The Bertz CT molecular complexity index is 495. The van der Waals surface area contributed by atoms with Crippen molar-refractivity contribution in [2.45, 2.75) is 39.5 Å². The summed E-state index contributed by atoms with van der Waals surface area (Å²) in [6, 6.07) is 8.40. The fraction of sp³-hybridized carbons (Fsp3) is 0.375. The predicted octanol–water partition coefficient (Wildman–Crippen LogP) is 5.96. The molecule has 0 N–H and O–H groups in total. The zero-order valence-corrected chi connectivity index (χ0v) is 12.9. The second kappa shape index (κ2) is 5.31. The van der Waals surface area contributed by atoms with Crippen molar-refractivity contribution in [2.75, 3.05) is 0 Å². The molecule has 0 saturated heterocycles. The summed E-state index contributed by atoms with van der Waals surface area (Å²) in [7, 11) is 0. The normalized spacial score (nSPS) is 11.5. The first-order chi connectivity index (χ1) is 8.50. The highest BCUT2D eigenvalue weighted by Gasteiger charge is 2.18. The maximum absolute atomic E-state index is 5.63. The summed E-state index contributed by atoms with van der Waals surface area (Å²) in [5.74, 6) is 1.91. The third-order valence-corrected chi connectivity index (χ3v) is 3.63. The van der Waals surface area contributed by atoms with Gasteiger partial charge in [-0.2, -0.15) is 0 Å². The maximum atomic E-state index is 5.63. The van der Waals surface area contributed by atoms with E-state index in [1.807, 2.05) is 12.1 Å². The van der Waals surface area contributed by atoms with Crippen molar-refractivity contribution in [1.82, 2.24) is 0 Å². The molecule has 2 aromatic rings. The smallest absolute Gasteiger partial charge is 0.134 e. The minimum Gasteiger partial charge on any atom is -0.464 e. The molecule has 0 fully saturated rings. The van der Waals surface area contributed by atoms with E-state index in [1.165, 1.54) is 16.7 Å². The topological polar surface area (TPSA) is 13.1 Å². The average Bonchev–Trinajstić information content (AvgIpc) is 2.80. The van der Waals surface area contributed by atoms with E-state index in [1.54, 1.807) is 6.26 Å². The molecule has 96 valence electrons. The molecular weight excluding hydrogens is 288 g/mol. The van der Waals surface area contributed by atoms with Gasteiger partial charge in [-0.05, 0) is 47.2 Å². The zero-order chi connectivity index (χ0) is 13.3. The lowest BCUT2D eigenvalue weighted by Crippen LogP contribution is -1.99. The fourth-order valence-electron chi connectivity index (χ4n) is 2.27. The van der Waals surface area contributed by atoms with Crippen molar-refractivity contribution in [3.63, 3.8) is 0 Å². The molecule has 0 aliphatic carbocycles. The van der Waals surface area contributed by atoms with Crippen molar-refractivity contribution >= 4 is 15.9 Å². The minimum absolute atomic E-state index is 0.472. The molecule has 0 atom stereocenters. The van der Waals surface area contributed by atoms with Gasteiger partial charge in [0, 0.05) is 10.0 Å². The van der Waals surface area contributed by atoms with Crippen LogP contribution < -0.4 is 0 Å². The summed E-state index contributed by atoms with van der Waals surface area (Å²) in [6.07, 6.45) is 1.74. The highest BCUT2D eigenvalue weighted by Crippen LogP contribution is 2.38. The summed E-state index contributed by atoms with van der Waals surface area (Å²) in [5, 5.41) is 0. The Morgan fingerprint density at radius 1 is 1.00 bits per heavy atom. The highest BCUT2D eigenvalue weighted by atomic mass is 79.9. The van der Waals surface area contributed by atoms with Gasteiger partial charge >= 0.3 is 0 Å². The molecule has 18 heavy (non-hydrogen) atoms. The molecule has 0 spiro atoms. The molecule has 1 aromatic heterocycles. The molecule has 1 aromatic carbocycles. The average molecular weight is 307 g/mol. The molecule has 0 saturated carbocycles. The molecular formula is C16H19BrO. The highest BCUT2D eigenvalue weighted by molar-refractivity contribution is 9.10. The van der Waals surface area contributed by atoms with Crippen LogP contribution in [0.25, 0.3) is 11.3 Å². The van der Waals surface area contributed by atoms with E-state index >= 15 is 0 Å². The molecule has 0 bridgehead atoms. The van der Waals surface area contributed by atoms with E-state index in [2.05, 4.69) is 55.8 Å². The van der Waals surface area contributed by atoms with Gasteiger partial charge in [0.05, 0.1) is 6.26 Å². The standard InChI is InChI=1S/C16H19BrO/c1-10(2)13-8-12(17)9-14(11(3)4)16(13)15-6-5-7-18-15/h5-11H,1-4H3. The fourth-order valence-corrected chi connectivity index (χ4v) is 2.76. The Balaban J connectivity index is 2.73. The van der Waals surface area contributed by atoms with Crippen molar-refractivity contribution in [1.29, 1.82) is 0 Å². The molecule has 0 amide bonds. The van der Waals surface area contributed by atoms with Crippen LogP contribution in [0.4, 0.5) is 0 Å². The monoisotopic (exact) mass is 306 g/mol.